The lowest BCUT2D eigenvalue weighted by atomic mass is 10.1. The van der Waals surface area contributed by atoms with Crippen molar-refractivity contribution in [1.82, 2.24) is 14.9 Å². The van der Waals surface area contributed by atoms with Gasteiger partial charge in [-0.3, -0.25) is 4.79 Å². The number of alkyl halides is 3. The van der Waals surface area contributed by atoms with Gasteiger partial charge in [0.25, 0.3) is 5.91 Å². The standard InChI is InChI=1S/C17H20N4OS.C2HF3O2/c22-17(15-4-3-11-23-15)21-9-5-13-14(6-10-21)18-12-19-16(13)20-7-1-2-8-20;3-2(4,5)1(6)7/h3-4,11-12H,1-2,5-10H2;(H,6,7). The van der Waals surface area contributed by atoms with Gasteiger partial charge in [-0.15, -0.1) is 11.3 Å². The highest BCUT2D eigenvalue weighted by atomic mass is 32.1. The zero-order valence-electron chi connectivity index (χ0n) is 16.1. The van der Waals surface area contributed by atoms with E-state index in [0.717, 1.165) is 55.4 Å². The van der Waals surface area contributed by atoms with Gasteiger partial charge in [-0.05, 0) is 30.7 Å². The Hall–Kier alpha value is -2.69. The number of amides is 1. The summed E-state index contributed by atoms with van der Waals surface area (Å²) < 4.78 is 31.7. The Kier molecular flexibility index (Phi) is 6.91. The van der Waals surface area contributed by atoms with Crippen molar-refractivity contribution in [3.63, 3.8) is 0 Å². The molecule has 2 aromatic rings. The number of rotatable bonds is 2. The van der Waals surface area contributed by atoms with Crippen molar-refractivity contribution >= 4 is 29.0 Å². The molecule has 0 aliphatic carbocycles. The highest BCUT2D eigenvalue weighted by molar-refractivity contribution is 7.12. The molecule has 1 saturated heterocycles. The molecule has 2 aliphatic rings. The number of carboxylic acids is 1. The van der Waals surface area contributed by atoms with Crippen molar-refractivity contribution in [3.8, 4) is 0 Å². The van der Waals surface area contributed by atoms with E-state index in [-0.39, 0.29) is 5.91 Å². The minimum atomic E-state index is -5.08. The molecule has 1 amide bonds. The van der Waals surface area contributed by atoms with Gasteiger partial charge in [-0.1, -0.05) is 6.07 Å². The van der Waals surface area contributed by atoms with E-state index < -0.39 is 12.1 Å². The fraction of sp³-hybridized carbons (Fsp3) is 0.474. The van der Waals surface area contributed by atoms with Crippen LogP contribution in [0.5, 0.6) is 0 Å². The van der Waals surface area contributed by atoms with Crippen LogP contribution < -0.4 is 4.90 Å². The first-order valence-corrected chi connectivity index (χ1v) is 10.4. The second kappa shape index (κ2) is 9.41. The highest BCUT2D eigenvalue weighted by Crippen LogP contribution is 2.27. The monoisotopic (exact) mass is 442 g/mol. The normalized spacial score (nSPS) is 16.4. The van der Waals surface area contributed by atoms with Crippen LogP contribution in [0.3, 0.4) is 0 Å². The molecule has 1 N–H and O–H groups in total. The van der Waals surface area contributed by atoms with Gasteiger partial charge in [-0.2, -0.15) is 13.2 Å². The van der Waals surface area contributed by atoms with Crippen molar-refractivity contribution in [3.05, 3.63) is 40.0 Å². The molecule has 0 atom stereocenters. The van der Waals surface area contributed by atoms with E-state index in [2.05, 4.69) is 14.9 Å². The zero-order chi connectivity index (χ0) is 21.7. The summed E-state index contributed by atoms with van der Waals surface area (Å²) >= 11 is 1.51. The molecule has 162 valence electrons. The summed E-state index contributed by atoms with van der Waals surface area (Å²) in [7, 11) is 0. The van der Waals surface area contributed by atoms with E-state index in [1.807, 2.05) is 22.4 Å². The second-order valence-corrected chi connectivity index (χ2v) is 7.84. The maximum Gasteiger partial charge on any atom is 0.490 e. The maximum atomic E-state index is 12.6. The molecular weight excluding hydrogens is 421 g/mol. The quantitative estimate of drug-likeness (QED) is 0.770. The topological polar surface area (TPSA) is 86.6 Å². The molecule has 11 heteroatoms. The molecule has 30 heavy (non-hydrogen) atoms. The van der Waals surface area contributed by atoms with E-state index in [0.29, 0.717) is 0 Å². The fourth-order valence-corrected chi connectivity index (χ4v) is 4.16. The number of carboxylic acid groups (broad SMARTS) is 1. The number of carbonyl (C=O) groups is 2. The molecule has 0 bridgehead atoms. The van der Waals surface area contributed by atoms with Crippen LogP contribution in [0.15, 0.2) is 23.8 Å². The van der Waals surface area contributed by atoms with Crippen LogP contribution in [0, 0.1) is 0 Å². The van der Waals surface area contributed by atoms with Crippen molar-refractivity contribution < 1.29 is 27.9 Å². The number of aliphatic carboxylic acids is 1. The molecule has 1 fully saturated rings. The number of hydrogen-bond donors (Lipinski definition) is 1. The van der Waals surface area contributed by atoms with Gasteiger partial charge >= 0.3 is 12.1 Å². The summed E-state index contributed by atoms with van der Waals surface area (Å²) in [4.78, 5) is 35.7. The molecule has 0 spiro atoms. The molecular formula is C19H21F3N4O3S. The molecule has 0 unspecified atom stereocenters. The number of thiophene rings is 1. The van der Waals surface area contributed by atoms with Crippen LogP contribution in [0.1, 0.15) is 33.8 Å². The summed E-state index contributed by atoms with van der Waals surface area (Å²) in [6, 6.07) is 3.84. The smallest absolute Gasteiger partial charge is 0.475 e. The van der Waals surface area contributed by atoms with Crippen LogP contribution in [0.2, 0.25) is 0 Å². The van der Waals surface area contributed by atoms with Crippen molar-refractivity contribution in [2.24, 2.45) is 0 Å². The van der Waals surface area contributed by atoms with Crippen LogP contribution in [-0.2, 0) is 17.6 Å². The Morgan fingerprint density at radius 3 is 2.33 bits per heavy atom. The molecule has 7 nitrogen and oxygen atoms in total. The third kappa shape index (κ3) is 5.26. The van der Waals surface area contributed by atoms with E-state index in [4.69, 9.17) is 9.90 Å². The van der Waals surface area contributed by atoms with Crippen molar-refractivity contribution in [1.29, 1.82) is 0 Å². The van der Waals surface area contributed by atoms with Gasteiger partial charge in [0.15, 0.2) is 0 Å². The molecule has 2 aliphatic heterocycles. The maximum absolute atomic E-state index is 12.6. The molecule has 4 heterocycles. The number of aromatic nitrogens is 2. The van der Waals surface area contributed by atoms with Gasteiger partial charge in [0, 0.05) is 38.2 Å². The predicted octanol–water partition coefficient (Wildman–Crippen LogP) is 3.01. The predicted molar refractivity (Wildman–Crippen MR) is 105 cm³/mol. The Labute approximate surface area is 175 Å². The Morgan fingerprint density at radius 1 is 1.07 bits per heavy atom. The second-order valence-electron chi connectivity index (χ2n) is 6.89. The SMILES string of the molecule is O=C(O)C(F)(F)F.O=C(c1cccs1)N1CCc2ncnc(N3CCCC3)c2CC1. The van der Waals surface area contributed by atoms with E-state index in [1.165, 1.54) is 29.7 Å². The number of carbonyl (C=O) groups excluding carboxylic acids is 1. The fourth-order valence-electron chi connectivity index (χ4n) is 3.47. The van der Waals surface area contributed by atoms with Crippen molar-refractivity contribution in [2.45, 2.75) is 31.9 Å². The van der Waals surface area contributed by atoms with Gasteiger partial charge in [-0.25, -0.2) is 14.8 Å². The number of halogens is 3. The number of hydrogen-bond acceptors (Lipinski definition) is 6. The van der Waals surface area contributed by atoms with Gasteiger partial charge in [0.05, 0.1) is 10.6 Å². The number of nitrogens with zero attached hydrogens (tertiary/aromatic N) is 4. The lowest BCUT2D eigenvalue weighted by Gasteiger charge is -2.21. The molecule has 0 aromatic carbocycles. The largest absolute Gasteiger partial charge is 0.490 e. The number of fused-ring (bicyclic) bond motifs is 1. The molecule has 0 saturated carbocycles. The average Bonchev–Trinajstić information content (AvgIpc) is 3.38. The average molecular weight is 442 g/mol. The van der Waals surface area contributed by atoms with E-state index >= 15 is 0 Å². The summed E-state index contributed by atoms with van der Waals surface area (Å²) in [6.07, 6.45) is 0.738. The van der Waals surface area contributed by atoms with Crippen LogP contribution in [0.4, 0.5) is 19.0 Å². The van der Waals surface area contributed by atoms with Crippen LogP contribution >= 0.6 is 11.3 Å². The first-order chi connectivity index (χ1) is 14.3. The Bertz CT molecular complexity index is 884. The minimum Gasteiger partial charge on any atom is -0.475 e. The molecule has 4 rings (SSSR count). The lowest BCUT2D eigenvalue weighted by molar-refractivity contribution is -0.192. The zero-order valence-corrected chi connectivity index (χ0v) is 16.9. The Balaban J connectivity index is 0.000000318. The Morgan fingerprint density at radius 2 is 1.73 bits per heavy atom. The summed E-state index contributed by atoms with van der Waals surface area (Å²) in [6.45, 7) is 3.65. The van der Waals surface area contributed by atoms with Gasteiger partial charge < -0.3 is 14.9 Å². The lowest BCUT2D eigenvalue weighted by Crippen LogP contribution is -2.32. The first kappa shape index (κ1) is 22.0. The molecule has 2 aromatic heterocycles. The third-order valence-corrected chi connectivity index (χ3v) is 5.79. The first-order valence-electron chi connectivity index (χ1n) is 9.48. The third-order valence-electron chi connectivity index (χ3n) is 4.93. The van der Waals surface area contributed by atoms with Gasteiger partial charge in [0.2, 0.25) is 0 Å². The van der Waals surface area contributed by atoms with E-state index in [1.54, 1.807) is 6.33 Å². The minimum absolute atomic E-state index is 0.142. The summed E-state index contributed by atoms with van der Waals surface area (Å²) in [5.74, 6) is -1.52. The number of anilines is 1. The van der Waals surface area contributed by atoms with Crippen LogP contribution in [-0.4, -0.2) is 64.2 Å². The van der Waals surface area contributed by atoms with Crippen molar-refractivity contribution in [2.75, 3.05) is 31.1 Å². The van der Waals surface area contributed by atoms with Crippen LogP contribution in [0.25, 0.3) is 0 Å². The molecule has 0 radical (unpaired) electrons. The summed E-state index contributed by atoms with van der Waals surface area (Å²) in [5.41, 5.74) is 2.36. The highest BCUT2D eigenvalue weighted by Gasteiger charge is 2.38. The van der Waals surface area contributed by atoms with E-state index in [9.17, 15) is 18.0 Å². The summed E-state index contributed by atoms with van der Waals surface area (Å²) in [5, 5.41) is 9.08. The van der Waals surface area contributed by atoms with Gasteiger partial charge in [0.1, 0.15) is 12.1 Å².